The van der Waals surface area contributed by atoms with Gasteiger partial charge < -0.3 is 10.0 Å². The average Bonchev–Trinajstić information content (AvgIpc) is 2.33. The van der Waals surface area contributed by atoms with E-state index in [1.54, 1.807) is 4.90 Å². The highest BCUT2D eigenvalue weighted by Crippen LogP contribution is 2.37. The van der Waals surface area contributed by atoms with Gasteiger partial charge in [-0.3, -0.25) is 4.79 Å². The van der Waals surface area contributed by atoms with Gasteiger partial charge in [-0.2, -0.15) is 0 Å². The Bertz CT molecular complexity index is 505. The fourth-order valence-corrected chi connectivity index (χ4v) is 2.72. The second-order valence-electron chi connectivity index (χ2n) is 8.16. The molecule has 0 radical (unpaired) electrons. The zero-order chi connectivity index (χ0) is 16.0. The molecule has 1 aliphatic heterocycles. The maximum Gasteiger partial charge on any atom is 0.210 e. The van der Waals surface area contributed by atoms with Crippen LogP contribution in [0.1, 0.15) is 64.3 Å². The van der Waals surface area contributed by atoms with Gasteiger partial charge in [-0.25, -0.2) is 0 Å². The quantitative estimate of drug-likeness (QED) is 0.850. The molecule has 1 saturated heterocycles. The number of carbonyl (C=O) groups is 1. The molecular weight excluding hydrogens is 262 g/mol. The van der Waals surface area contributed by atoms with Crippen LogP contribution in [0, 0.1) is 0 Å². The molecule has 21 heavy (non-hydrogen) atoms. The van der Waals surface area contributed by atoms with Gasteiger partial charge in [0.2, 0.25) is 6.41 Å². The van der Waals surface area contributed by atoms with Gasteiger partial charge in [0, 0.05) is 6.54 Å². The van der Waals surface area contributed by atoms with Crippen LogP contribution in [0.15, 0.2) is 18.2 Å². The number of benzene rings is 1. The van der Waals surface area contributed by atoms with Crippen molar-refractivity contribution in [1.82, 2.24) is 4.90 Å². The lowest BCUT2D eigenvalue weighted by Gasteiger charge is -2.44. The van der Waals surface area contributed by atoms with E-state index in [1.807, 2.05) is 0 Å². The Morgan fingerprint density at radius 1 is 1.05 bits per heavy atom. The number of aliphatic hydroxyl groups excluding tert-OH is 1. The molecule has 116 valence electrons. The number of nitrogens with zero attached hydrogens (tertiary/aromatic N) is 1. The molecule has 1 fully saturated rings. The zero-order valence-corrected chi connectivity index (χ0v) is 14.0. The molecule has 2 unspecified atom stereocenters. The first-order valence-electron chi connectivity index (χ1n) is 7.59. The molecule has 0 aromatic heterocycles. The molecule has 0 saturated carbocycles. The molecule has 1 aromatic carbocycles. The van der Waals surface area contributed by atoms with Crippen molar-refractivity contribution in [2.24, 2.45) is 0 Å². The maximum absolute atomic E-state index is 11.1. The lowest BCUT2D eigenvalue weighted by atomic mass is 9.77. The molecule has 1 aromatic rings. The Hall–Kier alpha value is -1.35. The highest BCUT2D eigenvalue weighted by Gasteiger charge is 2.38. The van der Waals surface area contributed by atoms with Gasteiger partial charge in [-0.1, -0.05) is 59.7 Å². The van der Waals surface area contributed by atoms with Crippen LogP contribution in [-0.4, -0.2) is 29.1 Å². The topological polar surface area (TPSA) is 40.5 Å². The van der Waals surface area contributed by atoms with E-state index in [4.69, 9.17) is 0 Å². The van der Waals surface area contributed by atoms with E-state index in [0.29, 0.717) is 6.54 Å². The highest BCUT2D eigenvalue weighted by molar-refractivity contribution is 5.52. The fraction of sp³-hybridized carbons (Fsp3) is 0.611. The highest BCUT2D eigenvalue weighted by atomic mass is 16.3. The van der Waals surface area contributed by atoms with Gasteiger partial charge in [0.1, 0.15) is 0 Å². The molecule has 1 amide bonds. The first-order chi connectivity index (χ1) is 9.54. The van der Waals surface area contributed by atoms with Gasteiger partial charge in [0.05, 0.1) is 12.1 Å². The third-order valence-electron chi connectivity index (χ3n) is 4.28. The minimum atomic E-state index is -0.460. The third-order valence-corrected chi connectivity index (χ3v) is 4.28. The SMILES string of the molecule is CC(C)(C)c1cc(C2C(O)CN2C=O)cc(C(C)(C)C)c1. The standard InChI is InChI=1S/C18H27NO2/c1-17(2,3)13-7-12(8-14(9-13)18(4,5)6)16-15(21)10-19(16)11-20/h7-9,11,15-16,21H,10H2,1-6H3. The third kappa shape index (κ3) is 3.13. The lowest BCUT2D eigenvalue weighted by molar-refractivity contribution is -0.137. The second kappa shape index (κ2) is 5.13. The van der Waals surface area contributed by atoms with Crippen molar-refractivity contribution in [3.63, 3.8) is 0 Å². The Labute approximate surface area is 128 Å². The van der Waals surface area contributed by atoms with E-state index in [-0.39, 0.29) is 16.9 Å². The molecular formula is C18H27NO2. The first kappa shape index (κ1) is 16.0. The van der Waals surface area contributed by atoms with Crippen LogP contribution in [-0.2, 0) is 15.6 Å². The minimum absolute atomic E-state index is 0.0384. The lowest BCUT2D eigenvalue weighted by Crippen LogP contribution is -2.52. The number of carbonyl (C=O) groups excluding carboxylic acids is 1. The van der Waals surface area contributed by atoms with Crippen LogP contribution >= 0.6 is 0 Å². The normalized spacial score (nSPS) is 22.9. The molecule has 3 nitrogen and oxygen atoms in total. The number of hydrogen-bond donors (Lipinski definition) is 1. The predicted octanol–water partition coefficient (Wildman–Crippen LogP) is 3.16. The summed E-state index contributed by atoms with van der Waals surface area (Å²) in [6.45, 7) is 13.6. The summed E-state index contributed by atoms with van der Waals surface area (Å²) in [7, 11) is 0. The van der Waals surface area contributed by atoms with Crippen molar-refractivity contribution in [2.75, 3.05) is 6.54 Å². The van der Waals surface area contributed by atoms with E-state index < -0.39 is 6.10 Å². The Balaban J connectivity index is 2.53. The smallest absolute Gasteiger partial charge is 0.210 e. The number of rotatable bonds is 2. The van der Waals surface area contributed by atoms with Crippen molar-refractivity contribution in [2.45, 2.75) is 64.5 Å². The molecule has 2 rings (SSSR count). The van der Waals surface area contributed by atoms with Crippen molar-refractivity contribution in [1.29, 1.82) is 0 Å². The van der Waals surface area contributed by atoms with Crippen LogP contribution in [0.5, 0.6) is 0 Å². The minimum Gasteiger partial charge on any atom is -0.389 e. The van der Waals surface area contributed by atoms with Crippen molar-refractivity contribution in [3.8, 4) is 0 Å². The monoisotopic (exact) mass is 289 g/mol. The van der Waals surface area contributed by atoms with Crippen LogP contribution in [0.2, 0.25) is 0 Å². The fourth-order valence-electron chi connectivity index (χ4n) is 2.72. The van der Waals surface area contributed by atoms with E-state index in [2.05, 4.69) is 59.7 Å². The van der Waals surface area contributed by atoms with Gasteiger partial charge in [-0.05, 0) is 27.5 Å². The molecule has 0 aliphatic carbocycles. The maximum atomic E-state index is 11.1. The average molecular weight is 289 g/mol. The van der Waals surface area contributed by atoms with Crippen LogP contribution in [0.25, 0.3) is 0 Å². The molecule has 1 N–H and O–H groups in total. The number of aliphatic hydroxyl groups is 1. The van der Waals surface area contributed by atoms with Gasteiger partial charge in [0.15, 0.2) is 0 Å². The van der Waals surface area contributed by atoms with Crippen molar-refractivity contribution < 1.29 is 9.90 Å². The van der Waals surface area contributed by atoms with Gasteiger partial charge in [-0.15, -0.1) is 0 Å². The summed E-state index contributed by atoms with van der Waals surface area (Å²) < 4.78 is 0. The molecule has 0 bridgehead atoms. The summed E-state index contributed by atoms with van der Waals surface area (Å²) in [4.78, 5) is 12.8. The van der Waals surface area contributed by atoms with E-state index in [0.717, 1.165) is 12.0 Å². The van der Waals surface area contributed by atoms with E-state index in [9.17, 15) is 9.90 Å². The molecule has 1 aliphatic rings. The summed E-state index contributed by atoms with van der Waals surface area (Å²) in [5, 5.41) is 10.0. The summed E-state index contributed by atoms with van der Waals surface area (Å²) in [6.07, 6.45) is 0.371. The molecule has 2 atom stereocenters. The largest absolute Gasteiger partial charge is 0.389 e. The molecule has 0 spiro atoms. The number of β-amino-alcohol motifs (C(OH)–C–C–N with tert-alkyl or cyclic N) is 1. The Kier molecular flexibility index (Phi) is 3.92. The Morgan fingerprint density at radius 3 is 1.86 bits per heavy atom. The van der Waals surface area contributed by atoms with E-state index >= 15 is 0 Å². The van der Waals surface area contributed by atoms with Crippen LogP contribution in [0.4, 0.5) is 0 Å². The number of hydrogen-bond acceptors (Lipinski definition) is 2. The van der Waals surface area contributed by atoms with Gasteiger partial charge in [0.25, 0.3) is 0 Å². The van der Waals surface area contributed by atoms with Crippen LogP contribution < -0.4 is 0 Å². The Morgan fingerprint density at radius 2 is 1.52 bits per heavy atom. The van der Waals surface area contributed by atoms with Crippen molar-refractivity contribution >= 4 is 6.41 Å². The van der Waals surface area contributed by atoms with Crippen LogP contribution in [0.3, 0.4) is 0 Å². The zero-order valence-electron chi connectivity index (χ0n) is 14.0. The van der Waals surface area contributed by atoms with Crippen molar-refractivity contribution in [3.05, 3.63) is 34.9 Å². The predicted molar refractivity (Wildman–Crippen MR) is 85.4 cm³/mol. The number of likely N-dealkylation sites (tertiary alicyclic amines) is 1. The summed E-state index contributed by atoms with van der Waals surface area (Å²) in [6, 6.07) is 6.32. The molecule has 1 heterocycles. The summed E-state index contributed by atoms with van der Waals surface area (Å²) in [5.74, 6) is 0. The number of amides is 1. The summed E-state index contributed by atoms with van der Waals surface area (Å²) in [5.41, 5.74) is 3.61. The summed E-state index contributed by atoms with van der Waals surface area (Å²) >= 11 is 0. The van der Waals surface area contributed by atoms with Gasteiger partial charge >= 0.3 is 0 Å². The second-order valence-corrected chi connectivity index (χ2v) is 8.16. The molecule has 3 heteroatoms. The van der Waals surface area contributed by atoms with E-state index in [1.165, 1.54) is 11.1 Å². The first-order valence-corrected chi connectivity index (χ1v) is 7.59.